The van der Waals surface area contributed by atoms with Crippen LogP contribution < -0.4 is 5.11 Å². The highest BCUT2D eigenvalue weighted by molar-refractivity contribution is 5.64. The van der Waals surface area contributed by atoms with Crippen molar-refractivity contribution in [2.24, 2.45) is 0 Å². The Morgan fingerprint density at radius 2 is 2.00 bits per heavy atom. The molecule has 0 saturated carbocycles. The van der Waals surface area contributed by atoms with Gasteiger partial charge in [-0.2, -0.15) is 5.01 Å². The van der Waals surface area contributed by atoms with Crippen molar-refractivity contribution in [1.82, 2.24) is 5.01 Å². The molecule has 78 valence electrons. The van der Waals surface area contributed by atoms with Crippen LogP contribution in [0.3, 0.4) is 0 Å². The number of aliphatic carboxylic acids is 1. The molecule has 0 aromatic rings. The Hall–Kier alpha value is -0.610. The molecule has 0 bridgehead atoms. The van der Waals surface area contributed by atoms with Crippen LogP contribution in [-0.4, -0.2) is 49.8 Å². The molecule has 0 radical (unpaired) electrons. The van der Waals surface area contributed by atoms with Gasteiger partial charge in [-0.15, -0.1) is 0 Å². The zero-order chi connectivity index (χ0) is 10.5. The average Bonchev–Trinajstić information content (AvgIpc) is 1.99. The standard InChI is InChI=1S/C9H20N2O2/c1-5-8-11(3,4)10(2)7-6-9(12)13/h5-8H2,1-4H3. The molecule has 0 unspecified atom stereocenters. The third-order valence-corrected chi connectivity index (χ3v) is 2.33. The van der Waals surface area contributed by atoms with Crippen molar-refractivity contribution < 1.29 is 14.5 Å². The van der Waals surface area contributed by atoms with Crippen molar-refractivity contribution >= 4 is 5.97 Å². The van der Waals surface area contributed by atoms with E-state index in [1.54, 1.807) is 0 Å². The molecule has 0 N–H and O–H groups in total. The summed E-state index contributed by atoms with van der Waals surface area (Å²) in [6.45, 7) is 3.67. The molecule has 0 fully saturated rings. The molecule has 0 spiro atoms. The van der Waals surface area contributed by atoms with Gasteiger partial charge in [-0.3, -0.25) is 0 Å². The first-order valence-corrected chi connectivity index (χ1v) is 4.64. The molecule has 0 saturated heterocycles. The lowest BCUT2D eigenvalue weighted by Gasteiger charge is -2.37. The average molecular weight is 188 g/mol. The Balaban J connectivity index is 3.92. The van der Waals surface area contributed by atoms with Crippen molar-refractivity contribution in [2.75, 3.05) is 34.2 Å². The molecule has 0 aliphatic rings. The Morgan fingerprint density at radius 3 is 2.38 bits per heavy atom. The second kappa shape index (κ2) is 5.19. The summed E-state index contributed by atoms with van der Waals surface area (Å²) in [6.07, 6.45) is 1.19. The number of quaternary nitrogens is 1. The smallest absolute Gasteiger partial charge is 0.0957 e. The maximum Gasteiger partial charge on any atom is 0.0957 e. The fourth-order valence-electron chi connectivity index (χ4n) is 1.24. The third-order valence-electron chi connectivity index (χ3n) is 2.33. The lowest BCUT2D eigenvalue weighted by molar-refractivity contribution is -1.000. The van der Waals surface area contributed by atoms with E-state index in [1.165, 1.54) is 0 Å². The normalized spacial score (nSPS) is 12.1. The summed E-state index contributed by atoms with van der Waals surface area (Å²) < 4.78 is 0.726. The first kappa shape index (κ1) is 12.4. The molecule has 0 aliphatic carbocycles. The SMILES string of the molecule is CCC[N+](C)(C)N(C)CCC(=O)[O-]. The van der Waals surface area contributed by atoms with Crippen LogP contribution in [0.4, 0.5) is 0 Å². The van der Waals surface area contributed by atoms with Crippen LogP contribution in [0, 0.1) is 0 Å². The Bertz CT molecular complexity index is 169. The highest BCUT2D eigenvalue weighted by atomic mass is 16.4. The molecular formula is C9H20N2O2. The van der Waals surface area contributed by atoms with E-state index < -0.39 is 5.97 Å². The lowest BCUT2D eigenvalue weighted by atomic mass is 10.4. The summed E-state index contributed by atoms with van der Waals surface area (Å²) >= 11 is 0. The van der Waals surface area contributed by atoms with Gasteiger partial charge in [0.2, 0.25) is 0 Å². The molecule has 13 heavy (non-hydrogen) atoms. The van der Waals surface area contributed by atoms with E-state index >= 15 is 0 Å². The fourth-order valence-corrected chi connectivity index (χ4v) is 1.24. The summed E-state index contributed by atoms with van der Waals surface area (Å²) in [5.74, 6) is -0.983. The number of carboxylic acid groups (broad SMARTS) is 1. The second-order valence-electron chi connectivity index (χ2n) is 3.85. The van der Waals surface area contributed by atoms with Crippen LogP contribution in [-0.2, 0) is 4.79 Å². The van der Waals surface area contributed by atoms with E-state index in [1.807, 2.05) is 12.1 Å². The summed E-state index contributed by atoms with van der Waals surface area (Å²) in [5.41, 5.74) is 0. The first-order valence-electron chi connectivity index (χ1n) is 4.64. The summed E-state index contributed by atoms with van der Waals surface area (Å²) in [6, 6.07) is 0. The van der Waals surface area contributed by atoms with Crippen LogP contribution in [0.25, 0.3) is 0 Å². The van der Waals surface area contributed by atoms with Crippen LogP contribution in [0.2, 0.25) is 0 Å². The molecule has 0 aromatic heterocycles. The molecule has 4 nitrogen and oxygen atoms in total. The van der Waals surface area contributed by atoms with Crippen LogP contribution in [0.1, 0.15) is 19.8 Å². The molecule has 0 amide bonds. The van der Waals surface area contributed by atoms with Gasteiger partial charge in [0, 0.05) is 19.4 Å². The predicted molar refractivity (Wildman–Crippen MR) is 49.5 cm³/mol. The van der Waals surface area contributed by atoms with E-state index in [4.69, 9.17) is 0 Å². The zero-order valence-electron chi connectivity index (χ0n) is 9.04. The maximum absolute atomic E-state index is 10.2. The fraction of sp³-hybridized carbons (Fsp3) is 0.889. The molecule has 0 atom stereocenters. The lowest BCUT2D eigenvalue weighted by Crippen LogP contribution is -2.53. The number of nitrogens with zero attached hydrogens (tertiary/aromatic N) is 2. The van der Waals surface area contributed by atoms with E-state index in [9.17, 15) is 9.90 Å². The van der Waals surface area contributed by atoms with Gasteiger partial charge in [-0.05, 0) is 6.42 Å². The van der Waals surface area contributed by atoms with Crippen molar-refractivity contribution in [1.29, 1.82) is 0 Å². The van der Waals surface area contributed by atoms with E-state index in [2.05, 4.69) is 21.0 Å². The molecule has 0 rings (SSSR count). The van der Waals surface area contributed by atoms with Gasteiger partial charge < -0.3 is 9.90 Å². The summed E-state index contributed by atoms with van der Waals surface area (Å²) in [5, 5.41) is 12.3. The topological polar surface area (TPSA) is 43.4 Å². The van der Waals surface area contributed by atoms with Gasteiger partial charge >= 0.3 is 0 Å². The van der Waals surface area contributed by atoms with Gasteiger partial charge in [-0.1, -0.05) is 6.92 Å². The number of carboxylic acids is 1. The van der Waals surface area contributed by atoms with E-state index in [0.717, 1.165) is 17.6 Å². The highest BCUT2D eigenvalue weighted by Crippen LogP contribution is 2.04. The van der Waals surface area contributed by atoms with Crippen LogP contribution in [0.15, 0.2) is 0 Å². The predicted octanol–water partition coefficient (Wildman–Crippen LogP) is -0.540. The minimum Gasteiger partial charge on any atom is -0.550 e. The quantitative estimate of drug-likeness (QED) is 0.415. The van der Waals surface area contributed by atoms with Crippen molar-refractivity contribution in [2.45, 2.75) is 19.8 Å². The van der Waals surface area contributed by atoms with Gasteiger partial charge in [0.1, 0.15) is 0 Å². The summed E-state index contributed by atoms with van der Waals surface area (Å²) in [4.78, 5) is 10.2. The van der Waals surface area contributed by atoms with Gasteiger partial charge in [0.05, 0.1) is 27.2 Å². The number of rotatable bonds is 6. The number of carbonyl (C=O) groups excluding carboxylic acids is 1. The summed E-state index contributed by atoms with van der Waals surface area (Å²) in [7, 11) is 6.07. The third kappa shape index (κ3) is 4.85. The van der Waals surface area contributed by atoms with Crippen molar-refractivity contribution in [3.05, 3.63) is 0 Å². The Morgan fingerprint density at radius 1 is 1.46 bits per heavy atom. The molecular weight excluding hydrogens is 168 g/mol. The van der Waals surface area contributed by atoms with Crippen molar-refractivity contribution in [3.63, 3.8) is 0 Å². The minimum absolute atomic E-state index is 0.0991. The van der Waals surface area contributed by atoms with Gasteiger partial charge in [0.15, 0.2) is 0 Å². The van der Waals surface area contributed by atoms with Gasteiger partial charge in [0.25, 0.3) is 0 Å². The molecule has 0 aromatic carbocycles. The Labute approximate surface area is 80.3 Å². The zero-order valence-corrected chi connectivity index (χ0v) is 9.04. The maximum atomic E-state index is 10.2. The van der Waals surface area contributed by atoms with Crippen molar-refractivity contribution in [3.8, 4) is 0 Å². The van der Waals surface area contributed by atoms with E-state index in [0.29, 0.717) is 6.54 Å². The van der Waals surface area contributed by atoms with E-state index in [-0.39, 0.29) is 6.42 Å². The van der Waals surface area contributed by atoms with Crippen LogP contribution in [0.5, 0.6) is 0 Å². The highest BCUT2D eigenvalue weighted by Gasteiger charge is 2.19. The second-order valence-corrected chi connectivity index (χ2v) is 3.85. The number of carbonyl (C=O) groups is 1. The van der Waals surface area contributed by atoms with Crippen LogP contribution >= 0.6 is 0 Å². The monoisotopic (exact) mass is 188 g/mol. The first-order chi connectivity index (χ1) is 5.90. The molecule has 0 aliphatic heterocycles. The molecule has 4 heteroatoms. The largest absolute Gasteiger partial charge is 0.550 e. The minimum atomic E-state index is -0.983. The van der Waals surface area contributed by atoms with Gasteiger partial charge in [-0.25, -0.2) is 4.59 Å². The Kier molecular flexibility index (Phi) is 4.95. The number of hydrogen-bond acceptors (Lipinski definition) is 3. The molecule has 0 heterocycles. The number of hydrogen-bond donors (Lipinski definition) is 0.